The van der Waals surface area contributed by atoms with Crippen molar-refractivity contribution < 1.29 is 14.3 Å². The molecule has 0 radical (unpaired) electrons. The van der Waals surface area contributed by atoms with E-state index >= 15 is 0 Å². The van der Waals surface area contributed by atoms with Gasteiger partial charge in [-0.05, 0) is 62.2 Å². The van der Waals surface area contributed by atoms with Crippen molar-refractivity contribution in [3.63, 3.8) is 0 Å². The minimum atomic E-state index is -0.312. The molecule has 2 aromatic carbocycles. The first kappa shape index (κ1) is 22.1. The van der Waals surface area contributed by atoms with E-state index in [9.17, 15) is 9.59 Å². The number of para-hydroxylation sites is 1. The van der Waals surface area contributed by atoms with E-state index < -0.39 is 0 Å². The molecular weight excluding hydrogens is 416 g/mol. The molecule has 7 heteroatoms. The number of imidazole rings is 1. The number of nitrogens with one attached hydrogen (secondary N) is 2. The molecule has 7 nitrogen and oxygen atoms in total. The van der Waals surface area contributed by atoms with Gasteiger partial charge in [0.15, 0.2) is 0 Å². The molecule has 4 aromatic rings. The van der Waals surface area contributed by atoms with E-state index in [1.165, 1.54) is 0 Å². The summed E-state index contributed by atoms with van der Waals surface area (Å²) < 4.78 is 7.93. The number of aromatic nitrogens is 2. The van der Waals surface area contributed by atoms with Crippen LogP contribution < -0.4 is 15.4 Å². The molecular formula is C26H26N4O3. The van der Waals surface area contributed by atoms with Gasteiger partial charge in [0, 0.05) is 30.2 Å². The molecule has 0 aliphatic heterocycles. The summed E-state index contributed by atoms with van der Waals surface area (Å²) in [6.45, 7) is 6.52. The normalized spacial score (nSPS) is 10.8. The van der Waals surface area contributed by atoms with Gasteiger partial charge in [-0.3, -0.25) is 9.59 Å². The van der Waals surface area contributed by atoms with Gasteiger partial charge in [0.05, 0.1) is 11.3 Å². The molecule has 0 aliphatic rings. The van der Waals surface area contributed by atoms with Gasteiger partial charge in [0.2, 0.25) is 0 Å². The number of aryl methyl sites for hydroxylation is 2. The van der Waals surface area contributed by atoms with Crippen LogP contribution in [0.2, 0.25) is 0 Å². The molecule has 0 spiro atoms. The monoisotopic (exact) mass is 442 g/mol. The summed E-state index contributed by atoms with van der Waals surface area (Å²) in [6, 6.07) is 16.3. The summed E-state index contributed by atoms with van der Waals surface area (Å²) in [5.41, 5.74) is 5.05. The van der Waals surface area contributed by atoms with E-state index in [1.807, 2.05) is 61.8 Å². The van der Waals surface area contributed by atoms with Crippen molar-refractivity contribution in [3.05, 3.63) is 94.9 Å². The Bertz CT molecular complexity index is 1330. The predicted molar refractivity (Wildman–Crippen MR) is 128 cm³/mol. The maximum Gasteiger partial charge on any atom is 0.259 e. The molecule has 33 heavy (non-hydrogen) atoms. The summed E-state index contributed by atoms with van der Waals surface area (Å²) >= 11 is 0. The summed E-state index contributed by atoms with van der Waals surface area (Å²) in [5.74, 6) is -0.0340. The van der Waals surface area contributed by atoms with Crippen LogP contribution in [0.4, 0.5) is 5.69 Å². The van der Waals surface area contributed by atoms with Gasteiger partial charge in [-0.2, -0.15) is 0 Å². The molecule has 168 valence electrons. The van der Waals surface area contributed by atoms with E-state index in [1.54, 1.807) is 30.3 Å². The summed E-state index contributed by atoms with van der Waals surface area (Å²) in [4.78, 5) is 29.9. The molecule has 0 saturated heterocycles. The number of benzene rings is 2. The third kappa shape index (κ3) is 4.87. The topological polar surface area (TPSA) is 84.7 Å². The Morgan fingerprint density at radius 3 is 2.61 bits per heavy atom. The number of hydrogen-bond acceptors (Lipinski definition) is 4. The van der Waals surface area contributed by atoms with Crippen LogP contribution in [0.3, 0.4) is 0 Å². The molecule has 2 amide bonds. The van der Waals surface area contributed by atoms with E-state index in [2.05, 4.69) is 15.6 Å². The fraction of sp³-hybridized carbons (Fsp3) is 0.192. The number of carbonyl (C=O) groups is 2. The SMILES string of the molecule is CCNC(=O)c1ccc(C)c(NC(=O)c2ccccc2OCc2cn3cccc(C)c3n2)c1. The van der Waals surface area contributed by atoms with E-state index in [-0.39, 0.29) is 18.4 Å². The van der Waals surface area contributed by atoms with Gasteiger partial charge in [-0.15, -0.1) is 0 Å². The highest BCUT2D eigenvalue weighted by atomic mass is 16.5. The van der Waals surface area contributed by atoms with Crippen molar-refractivity contribution in [2.45, 2.75) is 27.4 Å². The standard InChI is InChI=1S/C26H26N4O3/c1-4-27-25(31)19-12-11-17(2)22(14-19)29-26(32)21-9-5-6-10-23(21)33-16-20-15-30-13-7-8-18(3)24(30)28-20/h5-15H,4,16H2,1-3H3,(H,27,31)(H,29,32). The Hall–Kier alpha value is -4.13. The first-order valence-corrected chi connectivity index (χ1v) is 10.8. The lowest BCUT2D eigenvalue weighted by Crippen LogP contribution is -2.23. The van der Waals surface area contributed by atoms with Gasteiger partial charge < -0.3 is 19.8 Å². The van der Waals surface area contributed by atoms with Crippen LogP contribution in [-0.4, -0.2) is 27.7 Å². The maximum absolute atomic E-state index is 13.1. The van der Waals surface area contributed by atoms with Crippen LogP contribution in [0, 0.1) is 13.8 Å². The molecule has 2 heterocycles. The number of hydrogen-bond donors (Lipinski definition) is 2. The predicted octanol–water partition coefficient (Wildman–Crippen LogP) is 4.53. The molecule has 0 unspecified atom stereocenters. The van der Waals surface area contributed by atoms with Crippen molar-refractivity contribution in [2.75, 3.05) is 11.9 Å². The maximum atomic E-state index is 13.1. The average Bonchev–Trinajstić information content (AvgIpc) is 3.24. The highest BCUT2D eigenvalue weighted by Gasteiger charge is 2.15. The zero-order valence-corrected chi connectivity index (χ0v) is 18.9. The van der Waals surface area contributed by atoms with Gasteiger partial charge in [-0.25, -0.2) is 4.98 Å². The van der Waals surface area contributed by atoms with Crippen molar-refractivity contribution in [3.8, 4) is 5.75 Å². The highest BCUT2D eigenvalue weighted by Crippen LogP contribution is 2.23. The fourth-order valence-electron chi connectivity index (χ4n) is 3.56. The number of amides is 2. The van der Waals surface area contributed by atoms with E-state index in [0.29, 0.717) is 29.1 Å². The van der Waals surface area contributed by atoms with Crippen LogP contribution in [0.1, 0.15) is 44.5 Å². The van der Waals surface area contributed by atoms with Crippen LogP contribution in [0.15, 0.2) is 67.0 Å². The highest BCUT2D eigenvalue weighted by molar-refractivity contribution is 6.07. The second-order valence-electron chi connectivity index (χ2n) is 7.78. The number of rotatable bonds is 7. The zero-order valence-electron chi connectivity index (χ0n) is 18.9. The quantitative estimate of drug-likeness (QED) is 0.440. The molecule has 0 aliphatic carbocycles. The lowest BCUT2D eigenvalue weighted by atomic mass is 10.1. The third-order valence-corrected chi connectivity index (χ3v) is 5.32. The number of fused-ring (bicyclic) bond motifs is 1. The van der Waals surface area contributed by atoms with Gasteiger partial charge in [0.1, 0.15) is 18.0 Å². The van der Waals surface area contributed by atoms with E-state index in [0.717, 1.165) is 22.5 Å². The lowest BCUT2D eigenvalue weighted by Gasteiger charge is -2.13. The number of anilines is 1. The molecule has 0 saturated carbocycles. The lowest BCUT2D eigenvalue weighted by molar-refractivity contribution is 0.0954. The first-order chi connectivity index (χ1) is 16.0. The number of nitrogens with zero attached hydrogens (tertiary/aromatic N) is 2. The molecule has 4 rings (SSSR count). The Morgan fingerprint density at radius 1 is 1.00 bits per heavy atom. The summed E-state index contributed by atoms with van der Waals surface area (Å²) in [7, 11) is 0. The largest absolute Gasteiger partial charge is 0.486 e. The van der Waals surface area contributed by atoms with Gasteiger partial charge >= 0.3 is 0 Å². The second kappa shape index (κ2) is 9.56. The number of ether oxygens (including phenoxy) is 1. The van der Waals surface area contributed by atoms with E-state index in [4.69, 9.17) is 4.74 Å². The van der Waals surface area contributed by atoms with Crippen LogP contribution in [0.25, 0.3) is 5.65 Å². The van der Waals surface area contributed by atoms with Gasteiger partial charge in [0.25, 0.3) is 11.8 Å². The molecule has 2 aromatic heterocycles. The van der Waals surface area contributed by atoms with Crippen molar-refractivity contribution in [1.82, 2.24) is 14.7 Å². The Labute approximate surface area is 192 Å². The average molecular weight is 443 g/mol. The molecule has 0 atom stereocenters. The van der Waals surface area contributed by atoms with Crippen LogP contribution >= 0.6 is 0 Å². The second-order valence-corrected chi connectivity index (χ2v) is 7.78. The Morgan fingerprint density at radius 2 is 1.82 bits per heavy atom. The fourth-order valence-corrected chi connectivity index (χ4v) is 3.56. The van der Waals surface area contributed by atoms with Gasteiger partial charge in [-0.1, -0.05) is 24.3 Å². The zero-order chi connectivity index (χ0) is 23.4. The van der Waals surface area contributed by atoms with Crippen LogP contribution in [0.5, 0.6) is 5.75 Å². The molecule has 0 fully saturated rings. The summed E-state index contributed by atoms with van der Waals surface area (Å²) in [6.07, 6.45) is 3.86. The number of pyridine rings is 1. The van der Waals surface area contributed by atoms with Crippen molar-refractivity contribution >= 4 is 23.1 Å². The van der Waals surface area contributed by atoms with Crippen molar-refractivity contribution in [2.24, 2.45) is 0 Å². The minimum absolute atomic E-state index is 0.181. The number of carbonyl (C=O) groups excluding carboxylic acids is 2. The molecule has 0 bridgehead atoms. The van der Waals surface area contributed by atoms with Crippen molar-refractivity contribution in [1.29, 1.82) is 0 Å². The molecule has 2 N–H and O–H groups in total. The summed E-state index contributed by atoms with van der Waals surface area (Å²) in [5, 5.41) is 5.68. The minimum Gasteiger partial charge on any atom is -0.486 e. The third-order valence-electron chi connectivity index (χ3n) is 5.32. The first-order valence-electron chi connectivity index (χ1n) is 10.8. The smallest absolute Gasteiger partial charge is 0.259 e. The van der Waals surface area contributed by atoms with Crippen LogP contribution in [-0.2, 0) is 6.61 Å². The Kier molecular flexibility index (Phi) is 6.40. The Balaban J connectivity index is 1.52.